The molecule has 0 spiro atoms. The molecule has 0 aliphatic heterocycles. The number of anilines is 1. The molecule has 2 heterocycles. The molecule has 2 aromatic heterocycles. The second-order valence-corrected chi connectivity index (χ2v) is 7.16. The van der Waals surface area contributed by atoms with Gasteiger partial charge in [-0.3, -0.25) is 9.39 Å². The number of benzene rings is 2. The number of allylic oxidation sites excluding steroid dienone is 1. The summed E-state index contributed by atoms with van der Waals surface area (Å²) in [5.74, 6) is -0.861. The van der Waals surface area contributed by atoms with Crippen LogP contribution in [0.5, 0.6) is 0 Å². The van der Waals surface area contributed by atoms with Crippen molar-refractivity contribution in [3.63, 3.8) is 0 Å². The van der Waals surface area contributed by atoms with E-state index in [1.807, 2.05) is 6.92 Å². The Hall–Kier alpha value is -3.91. The molecule has 0 radical (unpaired) electrons. The summed E-state index contributed by atoms with van der Waals surface area (Å²) >= 11 is 0. The number of imidazole rings is 1. The maximum absolute atomic E-state index is 15.0. The van der Waals surface area contributed by atoms with Crippen molar-refractivity contribution in [2.75, 3.05) is 12.3 Å². The molecule has 6 nitrogen and oxygen atoms in total. The normalized spacial score (nSPS) is 11.5. The number of halogens is 2. The fourth-order valence-electron chi connectivity index (χ4n) is 3.70. The van der Waals surface area contributed by atoms with Gasteiger partial charge in [-0.25, -0.2) is 18.7 Å². The molecule has 0 bridgehead atoms. The van der Waals surface area contributed by atoms with Crippen LogP contribution in [0.2, 0.25) is 0 Å². The summed E-state index contributed by atoms with van der Waals surface area (Å²) < 4.78 is 30.7. The third kappa shape index (κ3) is 3.76. The van der Waals surface area contributed by atoms with Crippen LogP contribution >= 0.6 is 0 Å². The maximum Gasteiger partial charge on any atom is 0.180 e. The van der Waals surface area contributed by atoms with Gasteiger partial charge < -0.3 is 10.8 Å². The van der Waals surface area contributed by atoms with Gasteiger partial charge in [0.2, 0.25) is 0 Å². The average Bonchev–Trinajstić information content (AvgIpc) is 3.18. The van der Waals surface area contributed by atoms with E-state index in [4.69, 9.17) is 5.73 Å². The van der Waals surface area contributed by atoms with Crippen LogP contribution < -0.4 is 5.73 Å². The zero-order chi connectivity index (χ0) is 22.8. The molecule has 0 atom stereocenters. The van der Waals surface area contributed by atoms with Crippen molar-refractivity contribution in [2.24, 2.45) is 4.99 Å². The minimum absolute atomic E-state index is 0.0942. The van der Waals surface area contributed by atoms with Crippen LogP contribution in [-0.2, 0) is 6.42 Å². The quantitative estimate of drug-likeness (QED) is 0.427. The summed E-state index contributed by atoms with van der Waals surface area (Å²) in [5, 5.41) is 9.34. The number of aliphatic hydroxyl groups is 1. The molecule has 162 valence electrons. The van der Waals surface area contributed by atoms with Crippen molar-refractivity contribution >= 4 is 29.9 Å². The molecular formula is C24H21F2N5O. The third-order valence-corrected chi connectivity index (χ3v) is 5.02. The summed E-state index contributed by atoms with van der Waals surface area (Å²) in [6, 6.07) is 9.03. The summed E-state index contributed by atoms with van der Waals surface area (Å²) in [6.45, 7) is 5.18. The van der Waals surface area contributed by atoms with Gasteiger partial charge in [-0.15, -0.1) is 0 Å². The van der Waals surface area contributed by atoms with Crippen LogP contribution in [0.3, 0.4) is 0 Å². The van der Waals surface area contributed by atoms with E-state index in [1.54, 1.807) is 40.9 Å². The highest BCUT2D eigenvalue weighted by Crippen LogP contribution is 2.37. The Morgan fingerprint density at radius 1 is 1.19 bits per heavy atom. The number of nitrogens with two attached hydrogens (primary N) is 1. The van der Waals surface area contributed by atoms with Crippen LogP contribution in [0.1, 0.15) is 18.2 Å². The van der Waals surface area contributed by atoms with Crippen molar-refractivity contribution in [1.29, 1.82) is 0 Å². The fraction of sp³-hybridized carbons (Fsp3) is 0.125. The predicted molar refractivity (Wildman–Crippen MR) is 123 cm³/mol. The summed E-state index contributed by atoms with van der Waals surface area (Å²) in [6.07, 6.45) is 5.53. The fourth-order valence-corrected chi connectivity index (χ4v) is 3.70. The molecule has 32 heavy (non-hydrogen) atoms. The van der Waals surface area contributed by atoms with Crippen LogP contribution in [0.4, 0.5) is 20.3 Å². The maximum atomic E-state index is 15.0. The molecule has 0 fully saturated rings. The third-order valence-electron chi connectivity index (χ3n) is 5.02. The summed E-state index contributed by atoms with van der Waals surface area (Å²) in [7, 11) is 0. The van der Waals surface area contributed by atoms with Gasteiger partial charge >= 0.3 is 0 Å². The van der Waals surface area contributed by atoms with Crippen molar-refractivity contribution < 1.29 is 13.9 Å². The van der Waals surface area contributed by atoms with E-state index in [2.05, 4.69) is 21.7 Å². The minimum Gasteiger partial charge on any atom is -0.396 e. The highest BCUT2D eigenvalue weighted by Gasteiger charge is 2.21. The molecule has 0 aliphatic rings. The number of nitrogen functional groups attached to an aromatic ring is 1. The summed E-state index contributed by atoms with van der Waals surface area (Å²) in [5.41, 5.74) is 9.61. The number of aliphatic hydroxyl groups excluding tert-OH is 1. The molecule has 2 aromatic carbocycles. The SMILES string of the molecule is C=Nc1c(F)cc(-c2c(-c3cccc(F)c3)nc(N)c3nc(CCO)cn23)cc1/C=C\C. The highest BCUT2D eigenvalue weighted by atomic mass is 19.1. The van der Waals surface area contributed by atoms with Crippen molar-refractivity contribution in [2.45, 2.75) is 13.3 Å². The molecule has 3 N–H and O–H groups in total. The van der Waals surface area contributed by atoms with E-state index < -0.39 is 11.6 Å². The zero-order valence-electron chi connectivity index (χ0n) is 17.4. The van der Waals surface area contributed by atoms with Gasteiger partial charge in [0.1, 0.15) is 17.3 Å². The lowest BCUT2D eigenvalue weighted by Crippen LogP contribution is -2.04. The monoisotopic (exact) mass is 433 g/mol. The Morgan fingerprint density at radius 2 is 2.00 bits per heavy atom. The van der Waals surface area contributed by atoms with Crippen LogP contribution in [0.15, 0.2) is 53.7 Å². The first-order chi connectivity index (χ1) is 15.5. The minimum atomic E-state index is -0.559. The van der Waals surface area contributed by atoms with Crippen LogP contribution in [-0.4, -0.2) is 32.8 Å². The Balaban J connectivity index is 2.12. The molecule has 0 unspecified atom stereocenters. The Labute approximate surface area is 183 Å². The van der Waals surface area contributed by atoms with Crippen LogP contribution in [0, 0.1) is 11.6 Å². The molecule has 4 rings (SSSR count). The summed E-state index contributed by atoms with van der Waals surface area (Å²) in [4.78, 5) is 12.8. The number of hydrogen-bond donors (Lipinski definition) is 2. The van der Waals surface area contributed by atoms with Gasteiger partial charge in [0, 0.05) is 35.9 Å². The van der Waals surface area contributed by atoms with Crippen molar-refractivity contribution in [3.8, 4) is 22.5 Å². The van der Waals surface area contributed by atoms with Crippen molar-refractivity contribution in [1.82, 2.24) is 14.4 Å². The van der Waals surface area contributed by atoms with Gasteiger partial charge in [-0.1, -0.05) is 24.3 Å². The topological polar surface area (TPSA) is 88.8 Å². The lowest BCUT2D eigenvalue weighted by Gasteiger charge is -2.15. The first-order valence-electron chi connectivity index (χ1n) is 9.94. The number of aliphatic imine (C=N–C) groups is 1. The number of hydrogen-bond acceptors (Lipinski definition) is 5. The molecule has 0 aliphatic carbocycles. The lowest BCUT2D eigenvalue weighted by atomic mass is 10.00. The number of rotatable bonds is 6. The molecule has 0 amide bonds. The molecule has 8 heteroatoms. The Kier molecular flexibility index (Phi) is 5.79. The molecule has 0 saturated carbocycles. The predicted octanol–water partition coefficient (Wildman–Crippen LogP) is 4.82. The van der Waals surface area contributed by atoms with E-state index in [-0.39, 0.29) is 18.1 Å². The zero-order valence-corrected chi connectivity index (χ0v) is 17.4. The Bertz CT molecular complexity index is 1360. The van der Waals surface area contributed by atoms with Gasteiger partial charge in [0.15, 0.2) is 11.5 Å². The van der Waals surface area contributed by atoms with Gasteiger partial charge in [-0.2, -0.15) is 0 Å². The average molecular weight is 433 g/mol. The first kappa shape index (κ1) is 21.3. The first-order valence-corrected chi connectivity index (χ1v) is 9.94. The second kappa shape index (κ2) is 8.68. The molecular weight excluding hydrogens is 412 g/mol. The van der Waals surface area contributed by atoms with Crippen LogP contribution in [0.25, 0.3) is 34.2 Å². The molecule has 0 saturated heterocycles. The van der Waals surface area contributed by atoms with Gasteiger partial charge in [0.25, 0.3) is 0 Å². The Morgan fingerprint density at radius 3 is 2.69 bits per heavy atom. The highest BCUT2D eigenvalue weighted by molar-refractivity contribution is 5.85. The lowest BCUT2D eigenvalue weighted by molar-refractivity contribution is 0.298. The van der Waals surface area contributed by atoms with E-state index in [0.717, 1.165) is 0 Å². The number of fused-ring (bicyclic) bond motifs is 1. The largest absolute Gasteiger partial charge is 0.396 e. The number of aromatic nitrogens is 3. The van der Waals surface area contributed by atoms with Gasteiger partial charge in [-0.05, 0) is 37.9 Å². The van der Waals surface area contributed by atoms with Gasteiger partial charge in [0.05, 0.1) is 17.1 Å². The standard InChI is InChI=1S/C24H21F2N5O/c1-3-5-14-10-16(12-19(26)20(14)28-2)22-21(15-6-4-7-17(25)11-15)30-23(27)24-29-18(8-9-32)13-31(22)24/h3-7,10-13,32H,2,8-9H2,1H3,(H2,27,30)/b5-3-. The van der Waals surface area contributed by atoms with E-state index in [0.29, 0.717) is 45.8 Å². The van der Waals surface area contributed by atoms with Crippen molar-refractivity contribution in [3.05, 3.63) is 71.6 Å². The second-order valence-electron chi connectivity index (χ2n) is 7.16. The smallest absolute Gasteiger partial charge is 0.180 e. The van der Waals surface area contributed by atoms with E-state index >= 15 is 0 Å². The number of nitrogens with zero attached hydrogens (tertiary/aromatic N) is 4. The van der Waals surface area contributed by atoms with E-state index in [1.165, 1.54) is 18.2 Å². The van der Waals surface area contributed by atoms with E-state index in [9.17, 15) is 13.9 Å². The molecule has 4 aromatic rings.